The van der Waals surface area contributed by atoms with E-state index in [4.69, 9.17) is 9.41 Å². The van der Waals surface area contributed by atoms with E-state index in [2.05, 4.69) is 45.0 Å². The van der Waals surface area contributed by atoms with E-state index < -0.39 is 0 Å². The highest BCUT2D eigenvalue weighted by Gasteiger charge is 2.23. The molecule has 1 aliphatic heterocycles. The summed E-state index contributed by atoms with van der Waals surface area (Å²) in [6.45, 7) is 1.51. The van der Waals surface area contributed by atoms with Crippen LogP contribution in [0.3, 0.4) is 0 Å². The number of rotatable bonds is 5. The van der Waals surface area contributed by atoms with Gasteiger partial charge in [0.1, 0.15) is 17.9 Å². The van der Waals surface area contributed by atoms with Gasteiger partial charge in [-0.25, -0.2) is 9.67 Å². The van der Waals surface area contributed by atoms with Crippen molar-refractivity contribution in [3.8, 4) is 0 Å². The van der Waals surface area contributed by atoms with Crippen LogP contribution in [0.2, 0.25) is 0 Å². The Morgan fingerprint density at radius 2 is 1.90 bits per heavy atom. The van der Waals surface area contributed by atoms with E-state index in [0.717, 1.165) is 62.6 Å². The summed E-state index contributed by atoms with van der Waals surface area (Å²) >= 11 is 0. The predicted octanol–water partition coefficient (Wildman–Crippen LogP) is 3.14. The van der Waals surface area contributed by atoms with Gasteiger partial charge in [0.25, 0.3) is 0 Å². The smallest absolute Gasteiger partial charge is 0.191 e. The number of nitrogens with one attached hydrogen (secondary N) is 2. The largest absolute Gasteiger partial charge is 0.469 e. The van der Waals surface area contributed by atoms with Crippen LogP contribution in [0.1, 0.15) is 35.6 Å². The van der Waals surface area contributed by atoms with E-state index in [1.807, 2.05) is 16.8 Å². The first-order valence-corrected chi connectivity index (χ1v) is 10.9. The maximum atomic E-state index is 5.46. The van der Waals surface area contributed by atoms with Crippen molar-refractivity contribution in [3.63, 3.8) is 0 Å². The number of guanidine groups is 1. The zero-order chi connectivity index (χ0) is 20.2. The van der Waals surface area contributed by atoms with E-state index >= 15 is 0 Å². The molecule has 0 saturated carbocycles. The maximum absolute atomic E-state index is 5.46. The highest BCUT2D eigenvalue weighted by atomic mass is 127. The molecule has 2 N–H and O–H groups in total. The van der Waals surface area contributed by atoms with Crippen molar-refractivity contribution in [1.29, 1.82) is 0 Å². The summed E-state index contributed by atoms with van der Waals surface area (Å²) in [5.41, 5.74) is 2.92. The molecule has 2 aliphatic rings. The van der Waals surface area contributed by atoms with E-state index in [-0.39, 0.29) is 24.0 Å². The molecule has 2 unspecified atom stereocenters. The number of halogens is 1. The van der Waals surface area contributed by atoms with Gasteiger partial charge in [-0.2, -0.15) is 5.10 Å². The van der Waals surface area contributed by atoms with Crippen LogP contribution >= 0.6 is 24.0 Å². The molecule has 5 rings (SSSR count). The number of furan rings is 1. The average Bonchev–Trinajstić information content (AvgIpc) is 3.45. The highest BCUT2D eigenvalue weighted by molar-refractivity contribution is 14.0. The topological polar surface area (TPSA) is 80.3 Å². The van der Waals surface area contributed by atoms with Crippen molar-refractivity contribution in [2.45, 2.75) is 57.2 Å². The minimum absolute atomic E-state index is 0. The molecule has 164 valence electrons. The lowest BCUT2D eigenvalue weighted by molar-refractivity contribution is 0.389. The molecule has 1 aromatic carbocycles. The van der Waals surface area contributed by atoms with Crippen molar-refractivity contribution in [3.05, 3.63) is 71.7 Å². The van der Waals surface area contributed by atoms with Crippen LogP contribution in [0.15, 0.2) is 58.4 Å². The molecule has 0 spiro atoms. The number of fused-ring (bicyclic) bond motifs is 2. The van der Waals surface area contributed by atoms with Gasteiger partial charge < -0.3 is 15.1 Å². The second-order valence-corrected chi connectivity index (χ2v) is 8.15. The van der Waals surface area contributed by atoms with Crippen LogP contribution in [0, 0.1) is 0 Å². The SMILES string of the molecule is I.c1coc(CCN=C(NC2CCc3ccccc3C2)NC2CCc3ncnn3C2)c1. The third-order valence-corrected chi connectivity index (χ3v) is 6.04. The zero-order valence-corrected chi connectivity index (χ0v) is 19.9. The highest BCUT2D eigenvalue weighted by Crippen LogP contribution is 2.21. The summed E-state index contributed by atoms with van der Waals surface area (Å²) in [5, 5.41) is 11.7. The maximum Gasteiger partial charge on any atom is 0.191 e. The zero-order valence-electron chi connectivity index (χ0n) is 17.5. The first kappa shape index (κ1) is 21.9. The van der Waals surface area contributed by atoms with Gasteiger partial charge in [-0.15, -0.1) is 24.0 Å². The normalized spacial score (nSPS) is 20.3. The molecule has 31 heavy (non-hydrogen) atoms. The number of benzene rings is 1. The predicted molar refractivity (Wildman–Crippen MR) is 131 cm³/mol. The molecular formula is C23H29IN6O. The van der Waals surface area contributed by atoms with Crippen LogP contribution < -0.4 is 10.6 Å². The molecule has 7 nitrogen and oxygen atoms in total. The standard InChI is InChI=1S/C23H28N6O.HI/c1-2-5-18-14-19(8-7-17(18)4-1)27-23(24-12-11-21-6-3-13-30-21)28-20-9-10-22-25-16-26-29(22)15-20;/h1-6,13,16,19-20H,7-12,14-15H2,(H2,24,27,28);1H. The fourth-order valence-electron chi connectivity index (χ4n) is 4.43. The number of aryl methyl sites for hydroxylation is 2. The molecule has 3 heterocycles. The molecule has 0 bridgehead atoms. The lowest BCUT2D eigenvalue weighted by atomic mass is 9.88. The number of hydrogen-bond donors (Lipinski definition) is 2. The fourth-order valence-corrected chi connectivity index (χ4v) is 4.43. The quantitative estimate of drug-likeness (QED) is 0.300. The van der Waals surface area contributed by atoms with Crippen LogP contribution in [0.25, 0.3) is 0 Å². The summed E-state index contributed by atoms with van der Waals surface area (Å²) in [5.74, 6) is 2.93. The second kappa shape index (κ2) is 10.3. The van der Waals surface area contributed by atoms with Crippen molar-refractivity contribution < 1.29 is 4.42 Å². The number of nitrogens with zero attached hydrogens (tertiary/aromatic N) is 4. The Kier molecular flexibility index (Phi) is 7.26. The van der Waals surface area contributed by atoms with Gasteiger partial charge in [-0.1, -0.05) is 24.3 Å². The summed E-state index contributed by atoms with van der Waals surface area (Å²) in [6, 6.07) is 13.4. The van der Waals surface area contributed by atoms with Gasteiger partial charge in [0.05, 0.1) is 12.8 Å². The van der Waals surface area contributed by atoms with Crippen LogP contribution in [-0.4, -0.2) is 39.4 Å². The van der Waals surface area contributed by atoms with Gasteiger partial charge in [0.15, 0.2) is 5.96 Å². The molecule has 8 heteroatoms. The van der Waals surface area contributed by atoms with Crippen molar-refractivity contribution >= 4 is 29.9 Å². The van der Waals surface area contributed by atoms with Crippen LogP contribution in [-0.2, 0) is 32.2 Å². The second-order valence-electron chi connectivity index (χ2n) is 8.15. The fraction of sp³-hybridized carbons (Fsp3) is 0.435. The van der Waals surface area contributed by atoms with E-state index in [0.29, 0.717) is 18.6 Å². The molecule has 2 aromatic heterocycles. The third kappa shape index (κ3) is 5.47. The van der Waals surface area contributed by atoms with Gasteiger partial charge in [-0.3, -0.25) is 4.99 Å². The molecule has 0 amide bonds. The van der Waals surface area contributed by atoms with E-state index in [1.54, 1.807) is 12.6 Å². The molecule has 1 aliphatic carbocycles. The Morgan fingerprint density at radius 3 is 2.77 bits per heavy atom. The summed E-state index contributed by atoms with van der Waals surface area (Å²) < 4.78 is 7.45. The van der Waals surface area contributed by atoms with Crippen LogP contribution in [0.4, 0.5) is 0 Å². The Bertz CT molecular complexity index is 999. The Labute approximate surface area is 199 Å². The number of hydrogen-bond acceptors (Lipinski definition) is 4. The first-order chi connectivity index (χ1) is 14.8. The van der Waals surface area contributed by atoms with Gasteiger partial charge in [-0.05, 0) is 48.9 Å². The molecule has 3 aromatic rings. The Morgan fingerprint density at radius 1 is 1.06 bits per heavy atom. The van der Waals surface area contributed by atoms with Crippen molar-refractivity contribution in [1.82, 2.24) is 25.4 Å². The van der Waals surface area contributed by atoms with Gasteiger partial charge >= 0.3 is 0 Å². The molecule has 2 atom stereocenters. The minimum atomic E-state index is 0. The molecule has 0 saturated heterocycles. The average molecular weight is 532 g/mol. The Balaban J connectivity index is 0.00000231. The van der Waals surface area contributed by atoms with Gasteiger partial charge in [0.2, 0.25) is 0 Å². The molecule has 0 radical (unpaired) electrons. The number of aromatic nitrogens is 3. The van der Waals surface area contributed by atoms with Gasteiger partial charge in [0, 0.05) is 31.5 Å². The summed E-state index contributed by atoms with van der Waals surface area (Å²) in [7, 11) is 0. The van der Waals surface area contributed by atoms with E-state index in [1.165, 1.54) is 11.1 Å². The molecule has 0 fully saturated rings. The van der Waals surface area contributed by atoms with Crippen molar-refractivity contribution in [2.24, 2.45) is 4.99 Å². The summed E-state index contributed by atoms with van der Waals surface area (Å²) in [4.78, 5) is 9.21. The Hall–Kier alpha value is -2.36. The third-order valence-electron chi connectivity index (χ3n) is 6.04. The first-order valence-electron chi connectivity index (χ1n) is 10.9. The lowest BCUT2D eigenvalue weighted by Crippen LogP contribution is -2.51. The monoisotopic (exact) mass is 532 g/mol. The summed E-state index contributed by atoms with van der Waals surface area (Å²) in [6.07, 6.45) is 9.39. The molecular weight excluding hydrogens is 503 g/mol. The van der Waals surface area contributed by atoms with Crippen LogP contribution in [0.5, 0.6) is 0 Å². The van der Waals surface area contributed by atoms with Crippen molar-refractivity contribution in [2.75, 3.05) is 6.54 Å². The lowest BCUT2D eigenvalue weighted by Gasteiger charge is -2.30. The minimum Gasteiger partial charge on any atom is -0.469 e. The van der Waals surface area contributed by atoms with E-state index in [9.17, 15) is 0 Å². The number of aliphatic imine (C=N–C) groups is 1.